The van der Waals surface area contributed by atoms with Crippen LogP contribution in [0.2, 0.25) is 10.0 Å². The molecule has 0 radical (unpaired) electrons. The number of nitrogens with one attached hydrogen (secondary N) is 1. The van der Waals surface area contributed by atoms with E-state index in [4.69, 9.17) is 23.2 Å². The zero-order chi connectivity index (χ0) is 30.9. The number of halogens is 2. The van der Waals surface area contributed by atoms with Crippen LogP contribution in [0.15, 0.2) is 72.8 Å². The average Bonchev–Trinajstić information content (AvgIpc) is 2.95. The van der Waals surface area contributed by atoms with Gasteiger partial charge in [0.05, 0.1) is 22.0 Å². The van der Waals surface area contributed by atoms with Crippen LogP contribution in [0.25, 0.3) is 0 Å². The quantitative estimate of drug-likeness (QED) is 0.207. The van der Waals surface area contributed by atoms with E-state index in [0.29, 0.717) is 27.8 Å². The number of unbranched alkanes of at least 4 members (excludes halogenated alkanes) is 1. The Morgan fingerprint density at radius 3 is 2.14 bits per heavy atom. The van der Waals surface area contributed by atoms with Crippen LogP contribution in [-0.2, 0) is 32.6 Å². The zero-order valence-corrected chi connectivity index (χ0v) is 26.8. The van der Waals surface area contributed by atoms with Gasteiger partial charge in [0.1, 0.15) is 12.6 Å². The molecule has 1 atom stereocenters. The van der Waals surface area contributed by atoms with Crippen LogP contribution in [0.3, 0.4) is 0 Å². The van der Waals surface area contributed by atoms with Crippen LogP contribution < -0.4 is 9.62 Å². The highest BCUT2D eigenvalue weighted by Crippen LogP contribution is 2.26. The SMILES string of the molecule is CCCCNC(=O)[C@@H](Cc1ccccc1)N(Cc1ccc(Cl)c(Cl)c1)C(=O)CN(c1ccc(C(C)C)cc1)S(C)(=O)=O. The van der Waals surface area contributed by atoms with Gasteiger partial charge in [0.25, 0.3) is 0 Å². The maximum absolute atomic E-state index is 14.2. The number of hydrogen-bond acceptors (Lipinski definition) is 4. The molecule has 0 aliphatic heterocycles. The molecule has 0 aromatic heterocycles. The number of hydrogen-bond donors (Lipinski definition) is 1. The number of nitrogens with zero attached hydrogens (tertiary/aromatic N) is 2. The van der Waals surface area contributed by atoms with Gasteiger partial charge in [0.2, 0.25) is 21.8 Å². The Morgan fingerprint density at radius 2 is 1.57 bits per heavy atom. The molecule has 0 spiro atoms. The summed E-state index contributed by atoms with van der Waals surface area (Å²) in [6, 6.07) is 20.7. The molecule has 3 rings (SSSR count). The summed E-state index contributed by atoms with van der Waals surface area (Å²) < 4.78 is 27.0. The first-order valence-electron chi connectivity index (χ1n) is 14.0. The maximum Gasteiger partial charge on any atom is 0.244 e. The minimum Gasteiger partial charge on any atom is -0.354 e. The van der Waals surface area contributed by atoms with Gasteiger partial charge in [-0.1, -0.05) is 98.9 Å². The topological polar surface area (TPSA) is 86.8 Å². The van der Waals surface area contributed by atoms with Gasteiger partial charge in [0.15, 0.2) is 0 Å². The molecule has 7 nitrogen and oxygen atoms in total. The lowest BCUT2D eigenvalue weighted by molar-refractivity contribution is -0.140. The van der Waals surface area contributed by atoms with Crippen LogP contribution in [0.5, 0.6) is 0 Å². The Morgan fingerprint density at radius 1 is 0.905 bits per heavy atom. The fourth-order valence-electron chi connectivity index (χ4n) is 4.53. The molecule has 0 aliphatic carbocycles. The maximum atomic E-state index is 14.2. The summed E-state index contributed by atoms with van der Waals surface area (Å²) in [5, 5.41) is 3.65. The number of anilines is 1. The Balaban J connectivity index is 2.04. The summed E-state index contributed by atoms with van der Waals surface area (Å²) in [5.74, 6) is -0.571. The van der Waals surface area contributed by atoms with Gasteiger partial charge in [-0.25, -0.2) is 8.42 Å². The van der Waals surface area contributed by atoms with Gasteiger partial charge >= 0.3 is 0 Å². The van der Waals surface area contributed by atoms with Crippen molar-refractivity contribution in [2.24, 2.45) is 0 Å². The second kappa shape index (κ2) is 15.4. The van der Waals surface area contributed by atoms with Crippen molar-refractivity contribution >= 4 is 50.7 Å². The van der Waals surface area contributed by atoms with Gasteiger partial charge in [-0.3, -0.25) is 13.9 Å². The fraction of sp³-hybridized carbons (Fsp3) is 0.375. The normalized spacial score (nSPS) is 12.2. The molecule has 0 bridgehead atoms. The van der Waals surface area contributed by atoms with Gasteiger partial charge in [-0.2, -0.15) is 0 Å². The van der Waals surface area contributed by atoms with Crippen molar-refractivity contribution < 1.29 is 18.0 Å². The summed E-state index contributed by atoms with van der Waals surface area (Å²) in [5.41, 5.74) is 2.94. The van der Waals surface area contributed by atoms with E-state index < -0.39 is 28.5 Å². The third-order valence-corrected chi connectivity index (χ3v) is 8.84. The molecule has 10 heteroatoms. The van der Waals surface area contributed by atoms with Gasteiger partial charge in [0, 0.05) is 19.5 Å². The largest absolute Gasteiger partial charge is 0.354 e. The van der Waals surface area contributed by atoms with E-state index in [1.165, 1.54) is 4.90 Å². The van der Waals surface area contributed by atoms with Crippen molar-refractivity contribution in [3.63, 3.8) is 0 Å². The molecule has 0 saturated carbocycles. The molecule has 1 N–H and O–H groups in total. The third-order valence-electron chi connectivity index (χ3n) is 6.96. The summed E-state index contributed by atoms with van der Waals surface area (Å²) >= 11 is 12.4. The van der Waals surface area contributed by atoms with E-state index >= 15 is 0 Å². The van der Waals surface area contributed by atoms with E-state index in [1.54, 1.807) is 30.3 Å². The molecule has 0 unspecified atom stereocenters. The number of sulfonamides is 1. The molecule has 0 fully saturated rings. The molecule has 0 aliphatic rings. The highest BCUT2D eigenvalue weighted by molar-refractivity contribution is 7.92. The zero-order valence-electron chi connectivity index (χ0n) is 24.5. The van der Waals surface area contributed by atoms with Crippen LogP contribution in [-0.4, -0.2) is 50.5 Å². The number of rotatable bonds is 14. The van der Waals surface area contributed by atoms with Crippen molar-refractivity contribution in [3.8, 4) is 0 Å². The Labute approximate surface area is 259 Å². The van der Waals surface area contributed by atoms with Gasteiger partial charge in [-0.15, -0.1) is 0 Å². The number of benzene rings is 3. The molecule has 3 aromatic carbocycles. The predicted octanol–water partition coefficient (Wildman–Crippen LogP) is 6.44. The van der Waals surface area contributed by atoms with E-state index in [1.807, 2.05) is 63.2 Å². The number of carbonyl (C=O) groups excluding carboxylic acids is 2. The molecule has 226 valence electrons. The molecule has 3 aromatic rings. The van der Waals surface area contributed by atoms with Crippen molar-refractivity contribution in [1.82, 2.24) is 10.2 Å². The number of carbonyl (C=O) groups is 2. The monoisotopic (exact) mass is 631 g/mol. The lowest BCUT2D eigenvalue weighted by Crippen LogP contribution is -2.53. The standard InChI is InChI=1S/C32H39Cl2N3O4S/c1-5-6-18-35-32(39)30(20-24-10-8-7-9-11-24)36(21-25-12-17-28(33)29(34)19-25)31(38)22-37(42(4,40)41)27-15-13-26(14-16-27)23(2)3/h7-17,19,23,30H,5-6,18,20-22H2,1-4H3,(H,35,39)/t30-/m1/s1. The molecule has 0 saturated heterocycles. The highest BCUT2D eigenvalue weighted by atomic mass is 35.5. The minimum atomic E-state index is -3.84. The van der Waals surface area contributed by atoms with E-state index in [2.05, 4.69) is 5.32 Å². The van der Waals surface area contributed by atoms with Crippen molar-refractivity contribution in [3.05, 3.63) is 99.5 Å². The van der Waals surface area contributed by atoms with Crippen molar-refractivity contribution in [2.45, 2.75) is 58.5 Å². The van der Waals surface area contributed by atoms with E-state index in [9.17, 15) is 18.0 Å². The van der Waals surface area contributed by atoms with Crippen molar-refractivity contribution in [2.75, 3.05) is 23.7 Å². The smallest absolute Gasteiger partial charge is 0.244 e. The van der Waals surface area contributed by atoms with Gasteiger partial charge < -0.3 is 10.2 Å². The summed E-state index contributed by atoms with van der Waals surface area (Å²) in [6.45, 7) is 6.14. The van der Waals surface area contributed by atoms with Crippen LogP contribution in [0, 0.1) is 0 Å². The third kappa shape index (κ3) is 9.48. The Kier molecular flexibility index (Phi) is 12.3. The molecular formula is C32H39Cl2N3O4S. The molecular weight excluding hydrogens is 593 g/mol. The second-order valence-corrected chi connectivity index (χ2v) is 13.4. The Hall–Kier alpha value is -3.07. The minimum absolute atomic E-state index is 0.0261. The summed E-state index contributed by atoms with van der Waals surface area (Å²) in [4.78, 5) is 29.2. The predicted molar refractivity (Wildman–Crippen MR) is 172 cm³/mol. The van der Waals surface area contributed by atoms with Crippen LogP contribution in [0.4, 0.5) is 5.69 Å². The lowest BCUT2D eigenvalue weighted by Gasteiger charge is -2.33. The highest BCUT2D eigenvalue weighted by Gasteiger charge is 2.33. The molecule has 2 amide bonds. The summed E-state index contributed by atoms with van der Waals surface area (Å²) in [7, 11) is -3.84. The van der Waals surface area contributed by atoms with Crippen LogP contribution >= 0.6 is 23.2 Å². The van der Waals surface area contributed by atoms with E-state index in [-0.39, 0.29) is 24.8 Å². The second-order valence-electron chi connectivity index (χ2n) is 10.6. The van der Waals surface area contributed by atoms with Gasteiger partial charge in [-0.05, 0) is 53.3 Å². The summed E-state index contributed by atoms with van der Waals surface area (Å²) in [6.07, 6.45) is 3.00. The van der Waals surface area contributed by atoms with E-state index in [0.717, 1.165) is 34.5 Å². The Bertz CT molecular complexity index is 1450. The first kappa shape index (κ1) is 33.4. The first-order valence-corrected chi connectivity index (χ1v) is 16.6. The average molecular weight is 633 g/mol. The van der Waals surface area contributed by atoms with Crippen molar-refractivity contribution in [1.29, 1.82) is 0 Å². The molecule has 42 heavy (non-hydrogen) atoms. The fourth-order valence-corrected chi connectivity index (χ4v) is 5.70. The first-order chi connectivity index (χ1) is 19.9. The van der Waals surface area contributed by atoms with Crippen LogP contribution in [0.1, 0.15) is 56.2 Å². The number of amides is 2. The molecule has 0 heterocycles. The lowest BCUT2D eigenvalue weighted by atomic mass is 10.0.